The van der Waals surface area contributed by atoms with E-state index in [0.717, 1.165) is 67.8 Å². The number of fused-ring (bicyclic) bond motifs is 10. The molecule has 0 N–H and O–H groups in total. The Kier molecular flexibility index (Phi) is 10.7. The summed E-state index contributed by atoms with van der Waals surface area (Å²) in [5, 5.41) is 4.98. The van der Waals surface area contributed by atoms with Gasteiger partial charge in [0.15, 0.2) is 0 Å². The van der Waals surface area contributed by atoms with E-state index in [2.05, 4.69) is 328 Å². The lowest BCUT2D eigenvalue weighted by Crippen LogP contribution is -2.26. The van der Waals surface area contributed by atoms with Crippen molar-refractivity contribution in [1.29, 1.82) is 0 Å². The average Bonchev–Trinajstić information content (AvgIpc) is 1.67. The highest BCUT2D eigenvalue weighted by molar-refractivity contribution is 6.17. The van der Waals surface area contributed by atoms with Crippen LogP contribution in [0.4, 0.5) is 34.1 Å². The summed E-state index contributed by atoms with van der Waals surface area (Å²) in [6.07, 6.45) is 0. The zero-order chi connectivity index (χ0) is 54.5. The Morgan fingerprint density at radius 2 is 0.518 bits per heavy atom. The number of nitrogens with zero attached hydrogens (tertiary/aromatic N) is 4. The quantitative estimate of drug-likeness (QED) is 0.136. The third kappa shape index (κ3) is 7.33. The molecule has 13 aromatic carbocycles. The first-order chi connectivity index (χ1) is 41.2. The summed E-state index contributed by atoms with van der Waals surface area (Å²) in [7, 11) is 0. The van der Waals surface area contributed by atoms with Crippen LogP contribution >= 0.6 is 0 Å². The molecule has 388 valence electrons. The number of hydrogen-bond donors (Lipinski definition) is 0. The molecule has 2 aliphatic heterocycles. The van der Waals surface area contributed by atoms with Gasteiger partial charge in [0.25, 0.3) is 0 Å². The normalized spacial score (nSPS) is 12.3. The summed E-state index contributed by atoms with van der Waals surface area (Å²) >= 11 is 0. The molecular formula is C79H52N4. The van der Waals surface area contributed by atoms with Gasteiger partial charge in [-0.25, -0.2) is 0 Å². The summed E-state index contributed by atoms with van der Waals surface area (Å²) < 4.78 is 5.26. The molecule has 4 heteroatoms. The van der Waals surface area contributed by atoms with Gasteiger partial charge in [-0.3, -0.25) is 0 Å². The first-order valence-corrected chi connectivity index (χ1v) is 28.7. The number of aromatic nitrogens is 2. The zero-order valence-electron chi connectivity index (χ0n) is 45.3. The van der Waals surface area contributed by atoms with Crippen LogP contribution in [0.3, 0.4) is 0 Å². The molecule has 2 aliphatic rings. The van der Waals surface area contributed by atoms with Gasteiger partial charge in [0.05, 0.1) is 44.8 Å². The van der Waals surface area contributed by atoms with E-state index in [1.165, 1.54) is 82.6 Å². The molecule has 15 aromatic rings. The molecule has 0 unspecified atom stereocenters. The van der Waals surface area contributed by atoms with Crippen LogP contribution in [0.5, 0.6) is 0 Å². The van der Waals surface area contributed by atoms with E-state index in [1.807, 2.05) is 0 Å². The van der Waals surface area contributed by atoms with Gasteiger partial charge in [-0.2, -0.15) is 0 Å². The van der Waals surface area contributed by atoms with Crippen molar-refractivity contribution in [2.45, 2.75) is 5.92 Å². The van der Waals surface area contributed by atoms with E-state index in [-0.39, 0.29) is 5.92 Å². The molecule has 4 nitrogen and oxygen atoms in total. The Balaban J connectivity index is 1.04. The Hall–Kier alpha value is -10.9. The molecule has 83 heavy (non-hydrogen) atoms. The Morgan fingerprint density at radius 1 is 0.241 bits per heavy atom. The standard InChI is InChI=1S/C79H52N4/c1-5-19-52(20-6-1)56-35-43-60(44-36-56)80(61-45-37-57(38-46-61)53-21-7-2-8-22-53)72-51-73(81(62-47-39-58(40-48-62)54-23-9-3-10-24-54)63-49-41-59(42-50-63)55-25-11-4-12-26-55)79-75-74(69-32-18-30-67-65-28-14-16-34-71(65)83(79)77(67)69)68-31-17-29-66-64-27-13-15-33-70(64)82(76(66)68)78(72)75/h1-51,74H. The molecule has 0 atom stereocenters. The van der Waals surface area contributed by atoms with E-state index >= 15 is 0 Å². The zero-order valence-corrected chi connectivity index (χ0v) is 45.3. The maximum atomic E-state index is 2.63. The summed E-state index contributed by atoms with van der Waals surface area (Å²) in [5.41, 5.74) is 26.8. The Bertz CT molecular complexity index is 4490. The topological polar surface area (TPSA) is 16.3 Å². The molecule has 0 saturated heterocycles. The van der Waals surface area contributed by atoms with Gasteiger partial charge in [0.1, 0.15) is 0 Å². The third-order valence-electron chi connectivity index (χ3n) is 17.5. The summed E-state index contributed by atoms with van der Waals surface area (Å²) in [5.74, 6) is -0.134. The molecule has 0 bridgehead atoms. The van der Waals surface area contributed by atoms with Crippen LogP contribution in [-0.4, -0.2) is 9.13 Å². The van der Waals surface area contributed by atoms with Crippen molar-refractivity contribution in [1.82, 2.24) is 9.13 Å². The van der Waals surface area contributed by atoms with Gasteiger partial charge in [0, 0.05) is 55.8 Å². The highest BCUT2D eigenvalue weighted by atomic mass is 15.2. The molecule has 0 aliphatic carbocycles. The largest absolute Gasteiger partial charge is 0.308 e. The number of anilines is 6. The predicted octanol–water partition coefficient (Wildman–Crippen LogP) is 21.3. The van der Waals surface area contributed by atoms with Crippen LogP contribution in [0.1, 0.15) is 22.6 Å². The highest BCUT2D eigenvalue weighted by Gasteiger charge is 2.43. The molecule has 0 spiro atoms. The van der Waals surface area contributed by atoms with Gasteiger partial charge in [-0.05, 0) is 122 Å². The maximum Gasteiger partial charge on any atom is 0.0767 e. The van der Waals surface area contributed by atoms with Gasteiger partial charge >= 0.3 is 0 Å². The minimum absolute atomic E-state index is 0.134. The molecule has 4 heterocycles. The lowest BCUT2D eigenvalue weighted by Gasteiger charge is -2.41. The molecule has 0 fully saturated rings. The van der Waals surface area contributed by atoms with Crippen LogP contribution < -0.4 is 9.80 Å². The number of benzene rings is 13. The van der Waals surface area contributed by atoms with Crippen molar-refractivity contribution in [3.05, 3.63) is 326 Å². The molecule has 17 rings (SSSR count). The predicted molar refractivity (Wildman–Crippen MR) is 347 cm³/mol. The van der Waals surface area contributed by atoms with Crippen LogP contribution in [0.2, 0.25) is 0 Å². The molecule has 0 saturated carbocycles. The SMILES string of the molecule is c1ccc(-c2ccc(N(c3ccc(-c4ccccc4)cc3)c3cc(N(c4ccc(-c5ccccc5)cc4)c4ccc(-c5ccccc5)cc4)c4c5c3-n3c6ccccc6c6cccc(c63)C5c3cccc5c6ccccc6n-4c35)cc2)cc1. The smallest absolute Gasteiger partial charge is 0.0767 e. The fourth-order valence-electron chi connectivity index (χ4n) is 13.8. The number of rotatable bonds is 10. The van der Waals surface area contributed by atoms with Gasteiger partial charge in [-0.1, -0.05) is 243 Å². The Morgan fingerprint density at radius 3 is 0.843 bits per heavy atom. The van der Waals surface area contributed by atoms with Crippen molar-refractivity contribution >= 4 is 77.7 Å². The first-order valence-electron chi connectivity index (χ1n) is 28.7. The van der Waals surface area contributed by atoms with Crippen LogP contribution in [-0.2, 0) is 0 Å². The maximum absolute atomic E-state index is 2.63. The lowest BCUT2D eigenvalue weighted by atomic mass is 9.77. The second-order valence-corrected chi connectivity index (χ2v) is 22.0. The van der Waals surface area contributed by atoms with E-state index in [4.69, 9.17) is 0 Å². The number of para-hydroxylation sites is 4. The minimum atomic E-state index is -0.134. The van der Waals surface area contributed by atoms with Crippen molar-refractivity contribution in [3.63, 3.8) is 0 Å². The van der Waals surface area contributed by atoms with Crippen molar-refractivity contribution in [2.24, 2.45) is 0 Å². The molecule has 0 amide bonds. The number of hydrogen-bond acceptors (Lipinski definition) is 2. The lowest BCUT2D eigenvalue weighted by molar-refractivity contribution is 0.881. The summed E-state index contributed by atoms with van der Waals surface area (Å²) in [6, 6.07) is 114. The Labute approximate surface area is 481 Å². The van der Waals surface area contributed by atoms with Gasteiger partial charge in [0.2, 0.25) is 0 Å². The second kappa shape index (κ2) is 18.8. The van der Waals surface area contributed by atoms with E-state index in [1.54, 1.807) is 0 Å². The van der Waals surface area contributed by atoms with Crippen LogP contribution in [0.25, 0.3) is 99.5 Å². The molecular weight excluding hydrogens is 1000 g/mol. The second-order valence-electron chi connectivity index (χ2n) is 22.0. The summed E-state index contributed by atoms with van der Waals surface area (Å²) in [6.45, 7) is 0. The first kappa shape index (κ1) is 46.9. The van der Waals surface area contributed by atoms with E-state index in [0.29, 0.717) is 0 Å². The molecule has 2 aromatic heterocycles. The van der Waals surface area contributed by atoms with E-state index < -0.39 is 0 Å². The fraction of sp³-hybridized carbons (Fsp3) is 0.0127. The third-order valence-corrected chi connectivity index (χ3v) is 17.5. The minimum Gasteiger partial charge on any atom is -0.308 e. The van der Waals surface area contributed by atoms with Crippen molar-refractivity contribution in [2.75, 3.05) is 9.80 Å². The van der Waals surface area contributed by atoms with Crippen molar-refractivity contribution < 1.29 is 0 Å². The monoisotopic (exact) mass is 1060 g/mol. The highest BCUT2D eigenvalue weighted by Crippen LogP contribution is 2.61. The fourth-order valence-corrected chi connectivity index (χ4v) is 13.8. The van der Waals surface area contributed by atoms with Gasteiger partial charge in [-0.15, -0.1) is 0 Å². The van der Waals surface area contributed by atoms with Crippen LogP contribution in [0.15, 0.2) is 309 Å². The van der Waals surface area contributed by atoms with Crippen molar-refractivity contribution in [3.8, 4) is 55.9 Å². The molecule has 0 radical (unpaired) electrons. The average molecular weight is 1060 g/mol. The van der Waals surface area contributed by atoms with Crippen LogP contribution in [0, 0.1) is 0 Å². The van der Waals surface area contributed by atoms with E-state index in [9.17, 15) is 0 Å². The summed E-state index contributed by atoms with van der Waals surface area (Å²) in [4.78, 5) is 5.07. The van der Waals surface area contributed by atoms with Gasteiger partial charge < -0.3 is 18.9 Å².